The SMILES string of the molecule is C1=CC=C2C(=CN3C=CN=CC4=CCCC2=C43)C=C1. The quantitative estimate of drug-likeness (QED) is 0.635. The van der Waals surface area contributed by atoms with Crippen LogP contribution in [-0.4, -0.2) is 11.1 Å². The third-order valence-electron chi connectivity index (χ3n) is 3.78. The number of allylic oxidation sites excluding steroid dienone is 10. The summed E-state index contributed by atoms with van der Waals surface area (Å²) in [5.74, 6) is 0. The molecule has 0 atom stereocenters. The van der Waals surface area contributed by atoms with Crippen LogP contribution in [0.3, 0.4) is 0 Å². The van der Waals surface area contributed by atoms with Crippen molar-refractivity contribution in [2.75, 3.05) is 0 Å². The van der Waals surface area contributed by atoms with Crippen LogP contribution in [0.25, 0.3) is 0 Å². The Bertz CT molecular complexity index is 676. The Balaban J connectivity index is 1.97. The Labute approximate surface area is 112 Å². The summed E-state index contributed by atoms with van der Waals surface area (Å²) < 4.78 is 0. The van der Waals surface area contributed by atoms with Crippen molar-refractivity contribution in [3.05, 3.63) is 83.0 Å². The molecular formula is C17H14N2. The van der Waals surface area contributed by atoms with Gasteiger partial charge in [-0.1, -0.05) is 36.5 Å². The zero-order valence-electron chi connectivity index (χ0n) is 10.6. The van der Waals surface area contributed by atoms with Crippen molar-refractivity contribution in [1.82, 2.24) is 4.90 Å². The summed E-state index contributed by atoms with van der Waals surface area (Å²) in [5, 5.41) is 0. The maximum Gasteiger partial charge on any atom is 0.0573 e. The third-order valence-corrected chi connectivity index (χ3v) is 3.78. The second-order valence-corrected chi connectivity index (χ2v) is 4.92. The normalized spacial score (nSPS) is 23.2. The van der Waals surface area contributed by atoms with E-state index in [1.165, 1.54) is 28.0 Å². The van der Waals surface area contributed by atoms with Gasteiger partial charge in [0.05, 0.1) is 5.70 Å². The molecule has 0 amide bonds. The van der Waals surface area contributed by atoms with E-state index in [4.69, 9.17) is 0 Å². The maximum atomic E-state index is 4.32. The van der Waals surface area contributed by atoms with Crippen LogP contribution in [0.2, 0.25) is 0 Å². The third kappa shape index (κ3) is 1.60. The fraction of sp³-hybridized carbons (Fsp3) is 0.118. The molecule has 0 aromatic heterocycles. The predicted octanol–water partition coefficient (Wildman–Crippen LogP) is 3.77. The van der Waals surface area contributed by atoms with Crippen LogP contribution in [0.15, 0.2) is 88.0 Å². The lowest BCUT2D eigenvalue weighted by Gasteiger charge is -2.32. The van der Waals surface area contributed by atoms with E-state index in [-0.39, 0.29) is 0 Å². The van der Waals surface area contributed by atoms with Crippen LogP contribution in [0.5, 0.6) is 0 Å². The van der Waals surface area contributed by atoms with Gasteiger partial charge < -0.3 is 4.90 Å². The van der Waals surface area contributed by atoms with Crippen LogP contribution in [-0.2, 0) is 0 Å². The molecule has 92 valence electrons. The van der Waals surface area contributed by atoms with Gasteiger partial charge in [-0.3, -0.25) is 4.99 Å². The molecule has 0 N–H and O–H groups in total. The predicted molar refractivity (Wildman–Crippen MR) is 78.3 cm³/mol. The first-order valence-corrected chi connectivity index (χ1v) is 6.63. The van der Waals surface area contributed by atoms with Crippen molar-refractivity contribution in [3.63, 3.8) is 0 Å². The molecular weight excluding hydrogens is 232 g/mol. The average Bonchev–Trinajstić information content (AvgIpc) is 2.79. The molecule has 4 aliphatic rings. The zero-order valence-corrected chi connectivity index (χ0v) is 10.6. The highest BCUT2D eigenvalue weighted by atomic mass is 15.1. The maximum absolute atomic E-state index is 4.32. The molecule has 0 bridgehead atoms. The smallest absolute Gasteiger partial charge is 0.0573 e. The molecule has 0 fully saturated rings. The number of fused-ring (bicyclic) bond motifs is 2. The minimum absolute atomic E-state index is 1.09. The van der Waals surface area contributed by atoms with E-state index in [1.807, 2.05) is 18.6 Å². The van der Waals surface area contributed by atoms with E-state index < -0.39 is 0 Å². The molecule has 19 heavy (non-hydrogen) atoms. The molecule has 2 aliphatic heterocycles. The van der Waals surface area contributed by atoms with E-state index in [9.17, 15) is 0 Å². The summed E-state index contributed by atoms with van der Waals surface area (Å²) in [4.78, 5) is 6.53. The van der Waals surface area contributed by atoms with E-state index in [2.05, 4.69) is 52.5 Å². The Morgan fingerprint density at radius 3 is 3.11 bits per heavy atom. The van der Waals surface area contributed by atoms with Gasteiger partial charge in [0, 0.05) is 30.4 Å². The highest BCUT2D eigenvalue weighted by Crippen LogP contribution is 2.40. The fourth-order valence-corrected chi connectivity index (χ4v) is 2.96. The van der Waals surface area contributed by atoms with Crippen molar-refractivity contribution < 1.29 is 0 Å². The molecule has 0 spiro atoms. The number of aliphatic imine (C=N–C) groups is 1. The number of hydrogen-bond donors (Lipinski definition) is 0. The summed E-state index contributed by atoms with van der Waals surface area (Å²) in [6, 6.07) is 0. The van der Waals surface area contributed by atoms with Gasteiger partial charge in [-0.05, 0) is 29.6 Å². The van der Waals surface area contributed by atoms with E-state index in [1.54, 1.807) is 0 Å². The lowest BCUT2D eigenvalue weighted by molar-refractivity contribution is 0.611. The van der Waals surface area contributed by atoms with Gasteiger partial charge in [0.15, 0.2) is 0 Å². The standard InChI is InChI=1S/C17H14N2/c1-2-5-14-12-19-10-9-18-11-13-6-4-8-16(17(13)19)15(14)7-3-1/h1-3,5-7,9-12H,4,8H2. The van der Waals surface area contributed by atoms with Gasteiger partial charge >= 0.3 is 0 Å². The first-order valence-electron chi connectivity index (χ1n) is 6.63. The largest absolute Gasteiger partial charge is 0.321 e. The molecule has 2 nitrogen and oxygen atoms in total. The van der Waals surface area contributed by atoms with Crippen LogP contribution in [0.1, 0.15) is 12.8 Å². The summed E-state index contributed by atoms with van der Waals surface area (Å²) >= 11 is 0. The van der Waals surface area contributed by atoms with Crippen LogP contribution >= 0.6 is 0 Å². The lowest BCUT2D eigenvalue weighted by atomic mass is 9.84. The monoisotopic (exact) mass is 246 g/mol. The van der Waals surface area contributed by atoms with Crippen LogP contribution < -0.4 is 0 Å². The van der Waals surface area contributed by atoms with Crippen molar-refractivity contribution in [2.24, 2.45) is 4.99 Å². The number of hydrogen-bond acceptors (Lipinski definition) is 2. The van der Waals surface area contributed by atoms with Crippen LogP contribution in [0, 0.1) is 0 Å². The van der Waals surface area contributed by atoms with Gasteiger partial charge in [0.1, 0.15) is 0 Å². The van der Waals surface area contributed by atoms with E-state index in [0.29, 0.717) is 0 Å². The van der Waals surface area contributed by atoms with Crippen molar-refractivity contribution >= 4 is 6.21 Å². The highest BCUT2D eigenvalue weighted by Gasteiger charge is 2.27. The van der Waals surface area contributed by atoms with Crippen molar-refractivity contribution in [1.29, 1.82) is 0 Å². The number of nitrogens with zero attached hydrogens (tertiary/aromatic N) is 2. The Morgan fingerprint density at radius 1 is 1.11 bits per heavy atom. The molecule has 0 radical (unpaired) electrons. The van der Waals surface area contributed by atoms with Gasteiger partial charge in [0.2, 0.25) is 0 Å². The van der Waals surface area contributed by atoms with Crippen molar-refractivity contribution in [3.8, 4) is 0 Å². The number of rotatable bonds is 0. The summed E-state index contributed by atoms with van der Waals surface area (Å²) in [5.41, 5.74) is 6.59. The Morgan fingerprint density at radius 2 is 2.11 bits per heavy atom. The van der Waals surface area contributed by atoms with Crippen molar-refractivity contribution in [2.45, 2.75) is 12.8 Å². The average molecular weight is 246 g/mol. The van der Waals surface area contributed by atoms with Gasteiger partial charge in [-0.2, -0.15) is 0 Å². The molecule has 0 aromatic carbocycles. The molecule has 2 heteroatoms. The first-order chi connectivity index (χ1) is 9.43. The molecule has 4 rings (SSSR count). The summed E-state index contributed by atoms with van der Waals surface area (Å²) in [6.45, 7) is 0. The van der Waals surface area contributed by atoms with Gasteiger partial charge in [-0.15, -0.1) is 0 Å². The molecule has 0 saturated carbocycles. The molecule has 2 heterocycles. The minimum Gasteiger partial charge on any atom is -0.321 e. The minimum atomic E-state index is 1.09. The van der Waals surface area contributed by atoms with Gasteiger partial charge in [-0.25, -0.2) is 0 Å². The Hall–Kier alpha value is -2.35. The van der Waals surface area contributed by atoms with Crippen LogP contribution in [0.4, 0.5) is 0 Å². The lowest BCUT2D eigenvalue weighted by Crippen LogP contribution is -2.21. The molecule has 2 aliphatic carbocycles. The van der Waals surface area contributed by atoms with E-state index >= 15 is 0 Å². The molecule has 0 unspecified atom stereocenters. The van der Waals surface area contributed by atoms with E-state index in [0.717, 1.165) is 12.8 Å². The Kier molecular flexibility index (Phi) is 2.27. The zero-order chi connectivity index (χ0) is 12.7. The fourth-order valence-electron chi connectivity index (χ4n) is 2.96. The molecule has 0 aromatic rings. The highest BCUT2D eigenvalue weighted by molar-refractivity contribution is 5.87. The second kappa shape index (κ2) is 4.09. The van der Waals surface area contributed by atoms with Gasteiger partial charge in [0.25, 0.3) is 0 Å². The topological polar surface area (TPSA) is 15.6 Å². The molecule has 0 saturated heterocycles. The first kappa shape index (κ1) is 10.6. The summed E-state index contributed by atoms with van der Waals surface area (Å²) in [6.07, 6.45) is 23.2. The second-order valence-electron chi connectivity index (χ2n) is 4.92. The summed E-state index contributed by atoms with van der Waals surface area (Å²) in [7, 11) is 0.